The highest BCUT2D eigenvalue weighted by Crippen LogP contribution is 2.21. The lowest BCUT2D eigenvalue weighted by Gasteiger charge is -2.04. The fraction of sp³-hybridized carbons (Fsp3) is 0.143. The average molecular weight is 391 g/mol. The summed E-state index contributed by atoms with van der Waals surface area (Å²) < 4.78 is 0. The second-order valence-corrected chi connectivity index (χ2v) is 7.86. The molecule has 4 aromatic carbocycles. The molecular weight excluding hydrogens is 364 g/mol. The van der Waals surface area contributed by atoms with Crippen LogP contribution < -0.4 is 0 Å². The van der Waals surface area contributed by atoms with E-state index < -0.39 is 0 Å². The van der Waals surface area contributed by atoms with Gasteiger partial charge in [0.1, 0.15) is 0 Å². The Labute approximate surface area is 179 Å². The van der Waals surface area contributed by atoms with Crippen molar-refractivity contribution >= 4 is 11.4 Å². The molecule has 0 heterocycles. The maximum absolute atomic E-state index is 4.38. The Morgan fingerprint density at radius 1 is 0.400 bits per heavy atom. The zero-order valence-corrected chi connectivity index (χ0v) is 17.5. The number of nitrogens with zero attached hydrogens (tertiary/aromatic N) is 2. The average Bonchev–Trinajstić information content (AvgIpc) is 2.77. The Hall–Kier alpha value is -3.52. The smallest absolute Gasteiger partial charge is 0.0857 e. The molecule has 0 unspecified atom stereocenters. The van der Waals surface area contributed by atoms with Crippen LogP contribution in [0.5, 0.6) is 0 Å². The van der Waals surface area contributed by atoms with Crippen LogP contribution in [0.4, 0.5) is 11.4 Å². The van der Waals surface area contributed by atoms with Crippen molar-refractivity contribution in [2.75, 3.05) is 0 Å². The summed E-state index contributed by atoms with van der Waals surface area (Å²) in [5, 5.41) is 8.77. The van der Waals surface area contributed by atoms with Crippen LogP contribution in [0.1, 0.15) is 33.4 Å². The van der Waals surface area contributed by atoms with E-state index in [-0.39, 0.29) is 0 Å². The lowest BCUT2D eigenvalue weighted by molar-refractivity contribution is 1.16. The highest BCUT2D eigenvalue weighted by Gasteiger charge is 1.99. The second-order valence-electron chi connectivity index (χ2n) is 7.86. The maximum Gasteiger partial charge on any atom is 0.0857 e. The standard InChI is InChI=1S/C28H26N2/c1-21-3-7-23(8-4-21)19-25-11-15-27(16-12-25)29-30-28-17-13-26(14-18-28)20-24-9-5-22(2)6-10-24/h3-18H,19-20H2,1-2H3. The first kappa shape index (κ1) is 19.8. The third kappa shape index (κ3) is 5.51. The molecule has 0 atom stereocenters. The zero-order valence-electron chi connectivity index (χ0n) is 17.5. The molecule has 4 rings (SSSR count). The Morgan fingerprint density at radius 3 is 0.967 bits per heavy atom. The molecule has 148 valence electrons. The summed E-state index contributed by atoms with van der Waals surface area (Å²) in [5.41, 5.74) is 9.51. The largest absolute Gasteiger partial charge is 0.151 e. The van der Waals surface area contributed by atoms with E-state index in [4.69, 9.17) is 0 Å². The van der Waals surface area contributed by atoms with Crippen molar-refractivity contribution in [2.24, 2.45) is 10.2 Å². The maximum atomic E-state index is 4.38. The zero-order chi connectivity index (χ0) is 20.8. The molecule has 0 aliphatic rings. The van der Waals surface area contributed by atoms with Crippen molar-refractivity contribution in [1.29, 1.82) is 0 Å². The van der Waals surface area contributed by atoms with Crippen molar-refractivity contribution in [1.82, 2.24) is 0 Å². The van der Waals surface area contributed by atoms with Gasteiger partial charge in [-0.05, 0) is 73.2 Å². The van der Waals surface area contributed by atoms with Crippen LogP contribution in [-0.2, 0) is 12.8 Å². The molecule has 0 radical (unpaired) electrons. The molecule has 0 fully saturated rings. The first-order valence-corrected chi connectivity index (χ1v) is 10.3. The van der Waals surface area contributed by atoms with E-state index in [1.165, 1.54) is 33.4 Å². The summed E-state index contributed by atoms with van der Waals surface area (Å²) in [6.45, 7) is 4.22. The van der Waals surface area contributed by atoms with Crippen LogP contribution in [0, 0.1) is 13.8 Å². The van der Waals surface area contributed by atoms with Crippen LogP contribution in [0.25, 0.3) is 0 Å². The summed E-state index contributed by atoms with van der Waals surface area (Å²) in [5.74, 6) is 0. The van der Waals surface area contributed by atoms with E-state index in [9.17, 15) is 0 Å². The number of benzene rings is 4. The number of rotatable bonds is 6. The Bertz CT molecular complexity index is 1010. The summed E-state index contributed by atoms with van der Waals surface area (Å²) >= 11 is 0. The molecule has 4 aromatic rings. The molecule has 2 heteroatoms. The first-order chi connectivity index (χ1) is 14.6. The lowest BCUT2D eigenvalue weighted by Crippen LogP contribution is -1.87. The lowest BCUT2D eigenvalue weighted by atomic mass is 10.0. The monoisotopic (exact) mass is 390 g/mol. The van der Waals surface area contributed by atoms with Crippen LogP contribution in [0.2, 0.25) is 0 Å². The minimum atomic E-state index is 0.867. The van der Waals surface area contributed by atoms with Gasteiger partial charge in [-0.3, -0.25) is 0 Å². The van der Waals surface area contributed by atoms with Crippen molar-refractivity contribution in [3.8, 4) is 0 Å². The molecule has 2 nitrogen and oxygen atoms in total. The Morgan fingerprint density at radius 2 is 0.667 bits per heavy atom. The van der Waals surface area contributed by atoms with Gasteiger partial charge < -0.3 is 0 Å². The predicted octanol–water partition coefficient (Wildman–Crippen LogP) is 7.90. The minimum absolute atomic E-state index is 0.867. The third-order valence-corrected chi connectivity index (χ3v) is 5.21. The highest BCUT2D eigenvalue weighted by atomic mass is 15.1. The summed E-state index contributed by atoms with van der Waals surface area (Å²) in [6, 6.07) is 34.0. The van der Waals surface area contributed by atoms with Crippen molar-refractivity contribution in [2.45, 2.75) is 26.7 Å². The van der Waals surface area contributed by atoms with Crippen molar-refractivity contribution in [3.05, 3.63) is 130 Å². The number of aryl methyl sites for hydroxylation is 2. The SMILES string of the molecule is Cc1ccc(Cc2ccc(N=Nc3ccc(Cc4ccc(C)cc4)cc3)cc2)cc1. The van der Waals surface area contributed by atoms with E-state index in [0.717, 1.165) is 24.2 Å². The van der Waals surface area contributed by atoms with E-state index in [0.29, 0.717) is 0 Å². The van der Waals surface area contributed by atoms with Gasteiger partial charge in [0.2, 0.25) is 0 Å². The van der Waals surface area contributed by atoms with Gasteiger partial charge in [0.15, 0.2) is 0 Å². The van der Waals surface area contributed by atoms with Crippen LogP contribution in [0.15, 0.2) is 107 Å². The van der Waals surface area contributed by atoms with Crippen LogP contribution in [0.3, 0.4) is 0 Å². The van der Waals surface area contributed by atoms with Gasteiger partial charge in [0.25, 0.3) is 0 Å². The van der Waals surface area contributed by atoms with Gasteiger partial charge in [0.05, 0.1) is 11.4 Å². The molecule has 0 aliphatic heterocycles. The number of hydrogen-bond donors (Lipinski definition) is 0. The van der Waals surface area contributed by atoms with Gasteiger partial charge in [-0.15, -0.1) is 0 Å². The molecule has 0 saturated carbocycles. The normalized spacial score (nSPS) is 11.1. The molecule has 0 aromatic heterocycles. The minimum Gasteiger partial charge on any atom is -0.151 e. The predicted molar refractivity (Wildman–Crippen MR) is 125 cm³/mol. The highest BCUT2D eigenvalue weighted by molar-refractivity contribution is 5.43. The second kappa shape index (κ2) is 9.32. The van der Waals surface area contributed by atoms with Crippen LogP contribution in [-0.4, -0.2) is 0 Å². The number of azo groups is 1. The molecule has 0 bridgehead atoms. The van der Waals surface area contributed by atoms with Crippen molar-refractivity contribution in [3.63, 3.8) is 0 Å². The van der Waals surface area contributed by atoms with Gasteiger partial charge in [-0.25, -0.2) is 0 Å². The molecule has 0 N–H and O–H groups in total. The van der Waals surface area contributed by atoms with Crippen LogP contribution >= 0.6 is 0 Å². The van der Waals surface area contributed by atoms with E-state index in [2.05, 4.69) is 96.9 Å². The molecule has 0 amide bonds. The van der Waals surface area contributed by atoms with Gasteiger partial charge >= 0.3 is 0 Å². The fourth-order valence-corrected chi connectivity index (χ4v) is 3.36. The van der Waals surface area contributed by atoms with Gasteiger partial charge in [0, 0.05) is 0 Å². The van der Waals surface area contributed by atoms with E-state index in [1.807, 2.05) is 24.3 Å². The molecular formula is C28H26N2. The Balaban J connectivity index is 1.36. The Kier molecular flexibility index (Phi) is 6.14. The molecule has 0 spiro atoms. The topological polar surface area (TPSA) is 24.7 Å². The summed E-state index contributed by atoms with van der Waals surface area (Å²) in [4.78, 5) is 0. The van der Waals surface area contributed by atoms with E-state index in [1.54, 1.807) is 0 Å². The first-order valence-electron chi connectivity index (χ1n) is 10.3. The molecule has 30 heavy (non-hydrogen) atoms. The van der Waals surface area contributed by atoms with Crippen molar-refractivity contribution < 1.29 is 0 Å². The van der Waals surface area contributed by atoms with Gasteiger partial charge in [-0.1, -0.05) is 83.9 Å². The third-order valence-electron chi connectivity index (χ3n) is 5.21. The number of hydrogen-bond acceptors (Lipinski definition) is 2. The van der Waals surface area contributed by atoms with E-state index >= 15 is 0 Å². The molecule has 0 saturated heterocycles. The summed E-state index contributed by atoms with van der Waals surface area (Å²) in [7, 11) is 0. The van der Waals surface area contributed by atoms with Gasteiger partial charge in [-0.2, -0.15) is 10.2 Å². The fourth-order valence-electron chi connectivity index (χ4n) is 3.36. The quantitative estimate of drug-likeness (QED) is 0.299. The molecule has 0 aliphatic carbocycles. The summed E-state index contributed by atoms with van der Waals surface area (Å²) in [6.07, 6.45) is 1.86.